The van der Waals surface area contributed by atoms with Crippen LogP contribution in [0.5, 0.6) is 0 Å². The van der Waals surface area contributed by atoms with E-state index < -0.39 is 0 Å². The summed E-state index contributed by atoms with van der Waals surface area (Å²) >= 11 is 3.08. The zero-order chi connectivity index (χ0) is 11.4. The third kappa shape index (κ3) is 3.09. The topological polar surface area (TPSA) is 77.1 Å². The van der Waals surface area contributed by atoms with Crippen molar-refractivity contribution in [3.63, 3.8) is 0 Å². The molecule has 1 amide bonds. The summed E-state index contributed by atoms with van der Waals surface area (Å²) in [5.74, 6) is -0.118. The van der Waals surface area contributed by atoms with Crippen LogP contribution in [0.15, 0.2) is 21.7 Å². The van der Waals surface area contributed by atoms with E-state index in [4.69, 9.17) is 5.73 Å². The van der Waals surface area contributed by atoms with E-state index in [9.17, 15) is 9.59 Å². The van der Waals surface area contributed by atoms with Crippen LogP contribution in [-0.2, 0) is 11.3 Å². The molecule has 0 bridgehead atoms. The highest BCUT2D eigenvalue weighted by molar-refractivity contribution is 9.10. The van der Waals surface area contributed by atoms with Crippen LogP contribution in [-0.4, -0.2) is 17.0 Å². The maximum absolute atomic E-state index is 11.3. The predicted molar refractivity (Wildman–Crippen MR) is 61.5 cm³/mol. The molecule has 3 N–H and O–H groups in total. The number of nitrogens with one attached hydrogen (secondary N) is 1. The second-order valence-electron chi connectivity index (χ2n) is 3.02. The van der Waals surface area contributed by atoms with Gasteiger partial charge in [0.15, 0.2) is 0 Å². The monoisotopic (exact) mass is 273 g/mol. The van der Waals surface area contributed by atoms with Crippen molar-refractivity contribution < 1.29 is 4.79 Å². The lowest BCUT2D eigenvalue weighted by molar-refractivity contribution is -0.121. The number of nitrogen functional groups attached to an aromatic ring is 1. The number of amides is 1. The van der Waals surface area contributed by atoms with Crippen molar-refractivity contribution in [1.82, 2.24) is 9.88 Å². The van der Waals surface area contributed by atoms with Gasteiger partial charge in [-0.2, -0.15) is 0 Å². The van der Waals surface area contributed by atoms with Gasteiger partial charge in [0.25, 0.3) is 0 Å². The molecule has 0 spiro atoms. The molecule has 1 aromatic rings. The first kappa shape index (κ1) is 11.8. The molecule has 1 heterocycles. The van der Waals surface area contributed by atoms with Gasteiger partial charge in [-0.25, -0.2) is 0 Å². The van der Waals surface area contributed by atoms with Crippen molar-refractivity contribution in [2.75, 3.05) is 12.3 Å². The van der Waals surface area contributed by atoms with E-state index in [1.807, 2.05) is 6.92 Å². The number of carbonyl (C=O) groups excluding carboxylic acids is 1. The fourth-order valence-corrected chi connectivity index (χ4v) is 1.62. The number of likely N-dealkylation sites (N-methyl/N-ethyl adjacent to an activating group) is 1. The minimum atomic E-state index is -0.262. The van der Waals surface area contributed by atoms with Crippen LogP contribution in [0.1, 0.15) is 6.92 Å². The standard InChI is InChI=1S/C9H12BrN3O2/c1-2-12-8(14)5-13-3-6(10)9(15)7(11)4-13/h3-4H,2,5,11H2,1H3,(H,12,14). The fraction of sp³-hybridized carbons (Fsp3) is 0.333. The third-order valence-electron chi connectivity index (χ3n) is 1.76. The molecule has 6 heteroatoms. The molecule has 82 valence electrons. The van der Waals surface area contributed by atoms with Crippen molar-refractivity contribution >= 4 is 27.5 Å². The molecule has 0 aliphatic carbocycles. The molecule has 0 fully saturated rings. The van der Waals surface area contributed by atoms with Crippen LogP contribution in [0.3, 0.4) is 0 Å². The molecule has 0 radical (unpaired) electrons. The van der Waals surface area contributed by atoms with Crippen LogP contribution in [0.2, 0.25) is 0 Å². The average Bonchev–Trinajstić information content (AvgIpc) is 2.14. The number of anilines is 1. The largest absolute Gasteiger partial charge is 0.394 e. The normalized spacial score (nSPS) is 10.0. The SMILES string of the molecule is CCNC(=O)Cn1cc(N)c(=O)c(Br)c1. The van der Waals surface area contributed by atoms with Gasteiger partial charge in [-0.05, 0) is 22.9 Å². The first-order valence-corrected chi connectivity index (χ1v) is 5.25. The van der Waals surface area contributed by atoms with Crippen molar-refractivity contribution in [2.45, 2.75) is 13.5 Å². The minimum Gasteiger partial charge on any atom is -0.394 e. The summed E-state index contributed by atoms with van der Waals surface area (Å²) in [5.41, 5.74) is 5.33. The number of hydrogen-bond acceptors (Lipinski definition) is 3. The van der Waals surface area contributed by atoms with Crippen LogP contribution < -0.4 is 16.5 Å². The van der Waals surface area contributed by atoms with E-state index in [-0.39, 0.29) is 23.6 Å². The number of rotatable bonds is 3. The summed E-state index contributed by atoms with van der Waals surface area (Å²) in [6, 6.07) is 0. The molecule has 15 heavy (non-hydrogen) atoms. The number of carbonyl (C=O) groups is 1. The zero-order valence-corrected chi connectivity index (χ0v) is 9.87. The van der Waals surface area contributed by atoms with E-state index in [1.54, 1.807) is 4.57 Å². The van der Waals surface area contributed by atoms with Crippen LogP contribution >= 0.6 is 15.9 Å². The van der Waals surface area contributed by atoms with E-state index in [0.717, 1.165) is 0 Å². The average molecular weight is 274 g/mol. The quantitative estimate of drug-likeness (QED) is 0.833. The van der Waals surface area contributed by atoms with Crippen LogP contribution in [0.25, 0.3) is 0 Å². The van der Waals surface area contributed by atoms with Gasteiger partial charge in [-0.3, -0.25) is 9.59 Å². The lowest BCUT2D eigenvalue weighted by Gasteiger charge is -2.07. The van der Waals surface area contributed by atoms with Crippen molar-refractivity contribution in [1.29, 1.82) is 0 Å². The van der Waals surface area contributed by atoms with Gasteiger partial charge in [0.1, 0.15) is 6.54 Å². The Kier molecular flexibility index (Phi) is 3.90. The lowest BCUT2D eigenvalue weighted by atomic mass is 10.4. The van der Waals surface area contributed by atoms with Gasteiger partial charge in [-0.1, -0.05) is 0 Å². The Morgan fingerprint density at radius 1 is 1.60 bits per heavy atom. The molecule has 1 aromatic heterocycles. The molecule has 0 atom stereocenters. The molecular formula is C9H12BrN3O2. The van der Waals surface area contributed by atoms with Gasteiger partial charge in [0.05, 0.1) is 10.2 Å². The fourth-order valence-electron chi connectivity index (χ4n) is 1.13. The molecule has 0 unspecified atom stereocenters. The van der Waals surface area contributed by atoms with E-state index >= 15 is 0 Å². The van der Waals surface area contributed by atoms with Crippen molar-refractivity contribution in [2.24, 2.45) is 0 Å². The number of nitrogens with two attached hydrogens (primary N) is 1. The van der Waals surface area contributed by atoms with Crippen LogP contribution in [0, 0.1) is 0 Å². The summed E-state index contributed by atoms with van der Waals surface area (Å²) in [5, 5.41) is 2.65. The number of halogens is 1. The Labute approximate surface area is 95.4 Å². The lowest BCUT2D eigenvalue weighted by Crippen LogP contribution is -2.27. The molecule has 0 aliphatic heterocycles. The predicted octanol–water partition coefficient (Wildman–Crippen LogP) is 0.329. The maximum atomic E-state index is 11.3. The van der Waals surface area contributed by atoms with E-state index in [2.05, 4.69) is 21.2 Å². The van der Waals surface area contributed by atoms with Gasteiger partial charge in [-0.15, -0.1) is 0 Å². The van der Waals surface area contributed by atoms with Crippen LogP contribution in [0.4, 0.5) is 5.69 Å². The first-order valence-electron chi connectivity index (χ1n) is 4.46. The zero-order valence-electron chi connectivity index (χ0n) is 8.29. The highest BCUT2D eigenvalue weighted by atomic mass is 79.9. The van der Waals surface area contributed by atoms with E-state index in [0.29, 0.717) is 11.0 Å². The Morgan fingerprint density at radius 3 is 2.80 bits per heavy atom. The number of aromatic nitrogens is 1. The Balaban J connectivity index is 2.88. The Morgan fingerprint density at radius 2 is 2.27 bits per heavy atom. The number of hydrogen-bond donors (Lipinski definition) is 2. The molecular weight excluding hydrogens is 262 g/mol. The molecule has 0 aliphatic rings. The summed E-state index contributed by atoms with van der Waals surface area (Å²) in [6.07, 6.45) is 2.98. The summed E-state index contributed by atoms with van der Waals surface area (Å²) < 4.78 is 1.91. The molecule has 0 saturated heterocycles. The Hall–Kier alpha value is -1.30. The second-order valence-corrected chi connectivity index (χ2v) is 3.87. The smallest absolute Gasteiger partial charge is 0.239 e. The highest BCUT2D eigenvalue weighted by Gasteiger charge is 2.05. The number of nitrogens with zero attached hydrogens (tertiary/aromatic N) is 1. The highest BCUT2D eigenvalue weighted by Crippen LogP contribution is 2.05. The molecule has 1 rings (SSSR count). The summed E-state index contributed by atoms with van der Waals surface area (Å²) in [4.78, 5) is 22.5. The first-order chi connectivity index (χ1) is 7.04. The molecule has 0 saturated carbocycles. The van der Waals surface area contributed by atoms with Gasteiger partial charge < -0.3 is 15.6 Å². The summed E-state index contributed by atoms with van der Waals surface area (Å²) in [7, 11) is 0. The molecule has 5 nitrogen and oxygen atoms in total. The van der Waals surface area contributed by atoms with Gasteiger partial charge >= 0.3 is 0 Å². The third-order valence-corrected chi connectivity index (χ3v) is 2.33. The van der Waals surface area contributed by atoms with Gasteiger partial charge in [0.2, 0.25) is 11.3 Å². The minimum absolute atomic E-state index is 0.118. The van der Waals surface area contributed by atoms with Crippen molar-refractivity contribution in [3.05, 3.63) is 27.1 Å². The second kappa shape index (κ2) is 4.97. The Bertz CT molecular complexity index is 402. The molecule has 0 aromatic carbocycles. The summed E-state index contributed by atoms with van der Waals surface area (Å²) in [6.45, 7) is 2.57. The van der Waals surface area contributed by atoms with Crippen molar-refractivity contribution in [3.8, 4) is 0 Å². The number of pyridine rings is 1. The maximum Gasteiger partial charge on any atom is 0.239 e. The van der Waals surface area contributed by atoms with Gasteiger partial charge in [0, 0.05) is 18.9 Å². The van der Waals surface area contributed by atoms with E-state index in [1.165, 1.54) is 12.4 Å².